The van der Waals surface area contributed by atoms with Gasteiger partial charge in [-0.2, -0.15) is 13.2 Å². The van der Waals surface area contributed by atoms with Crippen molar-refractivity contribution in [3.05, 3.63) is 65.2 Å². The molecule has 2 saturated heterocycles. The Balaban J connectivity index is 1.65. The first-order valence-corrected chi connectivity index (χ1v) is 9.48. The highest BCUT2D eigenvalue weighted by atomic mass is 19.4. The normalized spacial score (nSPS) is 18.2. The van der Waals surface area contributed by atoms with E-state index in [4.69, 9.17) is 0 Å². The summed E-state index contributed by atoms with van der Waals surface area (Å²) in [7, 11) is 0. The van der Waals surface area contributed by atoms with Gasteiger partial charge in [-0.15, -0.1) is 0 Å². The van der Waals surface area contributed by atoms with Gasteiger partial charge in [-0.1, -0.05) is 12.1 Å². The van der Waals surface area contributed by atoms with Crippen LogP contribution in [-0.4, -0.2) is 53.2 Å². The number of likely N-dealkylation sites (tertiary alicyclic amines) is 1. The van der Waals surface area contributed by atoms with Crippen molar-refractivity contribution in [2.75, 3.05) is 24.5 Å². The number of anilines is 1. The Kier molecular flexibility index (Phi) is 5.14. The monoisotopic (exact) mass is 453 g/mol. The molecule has 0 radical (unpaired) electrons. The number of carbonyl (C=O) groups is 3. The van der Waals surface area contributed by atoms with Crippen LogP contribution in [0.1, 0.15) is 11.1 Å². The lowest BCUT2D eigenvalue weighted by Crippen LogP contribution is -2.80. The molecule has 2 aromatic carbocycles. The zero-order valence-electron chi connectivity index (χ0n) is 16.4. The number of nitrogens with zero attached hydrogens (tertiary/aromatic N) is 3. The van der Waals surface area contributed by atoms with Gasteiger partial charge in [-0.05, 0) is 29.8 Å². The van der Waals surface area contributed by atoms with Gasteiger partial charge in [-0.25, -0.2) is 8.78 Å². The first-order valence-electron chi connectivity index (χ1n) is 9.48. The fourth-order valence-electron chi connectivity index (χ4n) is 4.02. The van der Waals surface area contributed by atoms with E-state index in [1.165, 1.54) is 21.9 Å². The number of piperazine rings is 1. The molecule has 0 aliphatic carbocycles. The molecule has 6 nitrogen and oxygen atoms in total. The van der Waals surface area contributed by atoms with E-state index >= 15 is 0 Å². The maximum Gasteiger partial charge on any atom is 0.416 e. The van der Waals surface area contributed by atoms with E-state index in [0.29, 0.717) is 18.0 Å². The Morgan fingerprint density at radius 2 is 1.66 bits per heavy atom. The lowest BCUT2D eigenvalue weighted by atomic mass is 9.83. The van der Waals surface area contributed by atoms with Crippen molar-refractivity contribution < 1.29 is 36.3 Å². The van der Waals surface area contributed by atoms with Crippen molar-refractivity contribution in [1.82, 2.24) is 9.80 Å². The van der Waals surface area contributed by atoms with E-state index in [-0.39, 0.29) is 25.3 Å². The SMILES string of the molecule is O=CN1CC2(C1)C(=O)N(c1ccc(F)cc1F)CC(=O)N2Cc1ccc(C(F)(F)F)cc1. The van der Waals surface area contributed by atoms with Gasteiger partial charge in [0.25, 0.3) is 5.91 Å². The summed E-state index contributed by atoms with van der Waals surface area (Å²) in [5.41, 5.74) is -2.28. The van der Waals surface area contributed by atoms with E-state index in [1.807, 2.05) is 0 Å². The van der Waals surface area contributed by atoms with Crippen LogP contribution in [-0.2, 0) is 27.1 Å². The molecule has 3 amide bonds. The minimum absolute atomic E-state index is 0.152. The molecule has 2 aliphatic rings. The molecule has 0 saturated carbocycles. The minimum Gasteiger partial charge on any atom is -0.339 e. The highest BCUT2D eigenvalue weighted by molar-refractivity contribution is 6.10. The summed E-state index contributed by atoms with van der Waals surface area (Å²) in [6, 6.07) is 6.74. The highest BCUT2D eigenvalue weighted by Crippen LogP contribution is 2.37. The summed E-state index contributed by atoms with van der Waals surface area (Å²) in [5, 5.41) is 0. The number of hydrogen-bond donors (Lipinski definition) is 0. The average molecular weight is 453 g/mol. The first-order chi connectivity index (χ1) is 15.0. The lowest BCUT2D eigenvalue weighted by Gasteiger charge is -2.57. The Morgan fingerprint density at radius 3 is 2.22 bits per heavy atom. The Hall–Kier alpha value is -3.50. The third-order valence-corrected chi connectivity index (χ3v) is 5.66. The summed E-state index contributed by atoms with van der Waals surface area (Å²) in [4.78, 5) is 40.8. The smallest absolute Gasteiger partial charge is 0.339 e. The topological polar surface area (TPSA) is 60.9 Å². The Labute approximate surface area is 178 Å². The van der Waals surface area contributed by atoms with Crippen LogP contribution in [0.2, 0.25) is 0 Å². The first kappa shape index (κ1) is 21.7. The summed E-state index contributed by atoms with van der Waals surface area (Å²) in [6.07, 6.45) is -4.02. The van der Waals surface area contributed by atoms with Crippen molar-refractivity contribution in [2.45, 2.75) is 18.3 Å². The molecular formula is C21H16F5N3O3. The molecule has 0 unspecified atom stereocenters. The summed E-state index contributed by atoms with van der Waals surface area (Å²) < 4.78 is 66.0. The van der Waals surface area contributed by atoms with E-state index in [0.717, 1.165) is 29.2 Å². The Morgan fingerprint density at radius 1 is 1.00 bits per heavy atom. The van der Waals surface area contributed by atoms with Gasteiger partial charge < -0.3 is 9.80 Å². The van der Waals surface area contributed by atoms with E-state index in [1.54, 1.807) is 0 Å². The molecule has 0 atom stereocenters. The fraction of sp³-hybridized carbons (Fsp3) is 0.286. The van der Waals surface area contributed by atoms with Crippen LogP contribution in [0.5, 0.6) is 0 Å². The van der Waals surface area contributed by atoms with Gasteiger partial charge in [0.15, 0.2) is 5.54 Å². The van der Waals surface area contributed by atoms with E-state index in [9.17, 15) is 36.3 Å². The maximum absolute atomic E-state index is 14.3. The van der Waals surface area contributed by atoms with Gasteiger partial charge >= 0.3 is 6.18 Å². The zero-order chi connectivity index (χ0) is 23.3. The molecule has 2 heterocycles. The number of alkyl halides is 3. The largest absolute Gasteiger partial charge is 0.416 e. The molecule has 0 bridgehead atoms. The van der Waals surface area contributed by atoms with Crippen LogP contribution in [0.15, 0.2) is 42.5 Å². The molecule has 4 rings (SSSR count). The summed E-state index contributed by atoms with van der Waals surface area (Å²) >= 11 is 0. The number of rotatable bonds is 4. The third kappa shape index (κ3) is 3.57. The third-order valence-electron chi connectivity index (χ3n) is 5.66. The van der Waals surface area contributed by atoms with E-state index < -0.39 is 47.3 Å². The fourth-order valence-corrected chi connectivity index (χ4v) is 4.02. The summed E-state index contributed by atoms with van der Waals surface area (Å²) in [6.45, 7) is -1.01. The van der Waals surface area contributed by atoms with Gasteiger partial charge in [0, 0.05) is 12.6 Å². The van der Waals surface area contributed by atoms with Gasteiger partial charge in [0.05, 0.1) is 24.3 Å². The van der Waals surface area contributed by atoms with Gasteiger partial charge in [0.1, 0.15) is 18.2 Å². The van der Waals surface area contributed by atoms with E-state index in [2.05, 4.69) is 0 Å². The molecule has 0 N–H and O–H groups in total. The molecule has 2 aliphatic heterocycles. The van der Waals surface area contributed by atoms with Crippen molar-refractivity contribution in [3.63, 3.8) is 0 Å². The number of carbonyl (C=O) groups excluding carboxylic acids is 3. The molecule has 32 heavy (non-hydrogen) atoms. The molecule has 1 spiro atoms. The number of benzene rings is 2. The van der Waals surface area contributed by atoms with Gasteiger partial charge in [-0.3, -0.25) is 19.3 Å². The zero-order valence-corrected chi connectivity index (χ0v) is 16.4. The van der Waals surface area contributed by atoms with Crippen molar-refractivity contribution in [2.24, 2.45) is 0 Å². The van der Waals surface area contributed by atoms with Crippen LogP contribution in [0, 0.1) is 11.6 Å². The Bertz CT molecular complexity index is 1080. The average Bonchev–Trinajstić information content (AvgIpc) is 2.69. The van der Waals surface area contributed by atoms with Crippen LogP contribution >= 0.6 is 0 Å². The lowest BCUT2D eigenvalue weighted by molar-refractivity contribution is -0.166. The predicted octanol–water partition coefficient (Wildman–Crippen LogP) is 2.57. The number of hydrogen-bond acceptors (Lipinski definition) is 3. The number of amides is 3. The number of halogens is 5. The standard InChI is InChI=1S/C21H16F5N3O3/c22-15-5-6-17(16(23)7-15)28-9-18(31)29(20(19(28)32)10-27(11-20)12-30)8-13-1-3-14(4-2-13)21(24,25)26/h1-7,12H,8-11H2. The van der Waals surface area contributed by atoms with Crippen LogP contribution < -0.4 is 4.90 Å². The van der Waals surface area contributed by atoms with Crippen LogP contribution in [0.25, 0.3) is 0 Å². The van der Waals surface area contributed by atoms with Crippen molar-refractivity contribution >= 4 is 23.9 Å². The quantitative estimate of drug-likeness (QED) is 0.528. The van der Waals surface area contributed by atoms with Crippen LogP contribution in [0.4, 0.5) is 27.6 Å². The summed E-state index contributed by atoms with van der Waals surface area (Å²) in [5.74, 6) is -3.12. The molecule has 2 aromatic rings. The molecule has 168 valence electrons. The predicted molar refractivity (Wildman–Crippen MR) is 101 cm³/mol. The highest BCUT2D eigenvalue weighted by Gasteiger charge is 2.59. The molecule has 11 heteroatoms. The molecular weight excluding hydrogens is 437 g/mol. The van der Waals surface area contributed by atoms with Gasteiger partial charge in [0.2, 0.25) is 12.3 Å². The molecule has 2 fully saturated rings. The maximum atomic E-state index is 14.3. The van der Waals surface area contributed by atoms with Crippen molar-refractivity contribution in [1.29, 1.82) is 0 Å². The molecule has 0 aromatic heterocycles. The second-order valence-electron chi connectivity index (χ2n) is 7.70. The van der Waals surface area contributed by atoms with Crippen LogP contribution in [0.3, 0.4) is 0 Å². The second-order valence-corrected chi connectivity index (χ2v) is 7.70. The minimum atomic E-state index is -4.52. The second kappa shape index (κ2) is 7.57. The van der Waals surface area contributed by atoms with Crippen molar-refractivity contribution in [3.8, 4) is 0 Å².